The Labute approximate surface area is 94.5 Å². The first-order valence-electron chi connectivity index (χ1n) is 5.00. The molecule has 0 aliphatic heterocycles. The molecule has 1 unspecified atom stereocenters. The third kappa shape index (κ3) is 1.96. The maximum atomic E-state index is 11.0. The van der Waals surface area contributed by atoms with Gasteiger partial charge in [0.05, 0.1) is 13.0 Å². The second kappa shape index (κ2) is 4.43. The summed E-state index contributed by atoms with van der Waals surface area (Å²) in [5, 5.41) is 18.7. The molecule has 0 aromatic heterocycles. The number of aromatic hydroxyl groups is 1. The van der Waals surface area contributed by atoms with Crippen molar-refractivity contribution in [2.45, 2.75) is 26.7 Å². The summed E-state index contributed by atoms with van der Waals surface area (Å²) in [4.78, 5) is 11.0. The van der Waals surface area contributed by atoms with Gasteiger partial charge in [-0.2, -0.15) is 0 Å². The minimum absolute atomic E-state index is 0.151. The second-order valence-corrected chi connectivity index (χ2v) is 3.85. The number of aryl methyl sites for hydroxylation is 1. The molecule has 0 amide bonds. The molecule has 0 heterocycles. The van der Waals surface area contributed by atoms with E-state index in [1.165, 1.54) is 7.11 Å². The minimum atomic E-state index is -0.914. The lowest BCUT2D eigenvalue weighted by atomic mass is 9.95. The molecule has 4 nitrogen and oxygen atoms in total. The molecular weight excluding hydrogens is 208 g/mol. The molecule has 0 saturated carbocycles. The Balaban J connectivity index is 3.44. The Morgan fingerprint density at radius 2 is 2.00 bits per heavy atom. The average Bonchev–Trinajstić information content (AvgIpc) is 2.24. The topological polar surface area (TPSA) is 66.8 Å². The number of carboxylic acids is 1. The number of rotatable bonds is 3. The van der Waals surface area contributed by atoms with Crippen molar-refractivity contribution in [2.75, 3.05) is 7.11 Å². The number of methoxy groups -OCH3 is 1. The minimum Gasteiger partial charge on any atom is -0.507 e. The molecule has 0 fully saturated rings. The highest BCUT2D eigenvalue weighted by Crippen LogP contribution is 2.37. The lowest BCUT2D eigenvalue weighted by molar-refractivity contribution is -0.138. The van der Waals surface area contributed by atoms with Crippen molar-refractivity contribution < 1.29 is 19.7 Å². The van der Waals surface area contributed by atoms with E-state index >= 15 is 0 Å². The SMILES string of the molecule is COc1c(C(C)C(=O)O)cc(C)c(O)c1C. The molecule has 0 bridgehead atoms. The third-order valence-electron chi connectivity index (χ3n) is 2.74. The van der Waals surface area contributed by atoms with Crippen molar-refractivity contribution in [1.82, 2.24) is 0 Å². The zero-order valence-corrected chi connectivity index (χ0v) is 9.87. The second-order valence-electron chi connectivity index (χ2n) is 3.85. The molecule has 1 aromatic carbocycles. The number of carbonyl (C=O) groups is 1. The standard InChI is InChI=1S/C12H16O4/c1-6-5-9(7(2)12(14)15)11(16-4)8(3)10(6)13/h5,7,13H,1-4H3,(H,14,15). The van der Waals surface area contributed by atoms with E-state index in [9.17, 15) is 9.90 Å². The summed E-state index contributed by atoms with van der Waals surface area (Å²) < 4.78 is 5.16. The number of aliphatic carboxylic acids is 1. The van der Waals surface area contributed by atoms with Crippen LogP contribution in [0.5, 0.6) is 11.5 Å². The van der Waals surface area contributed by atoms with Crippen molar-refractivity contribution in [3.8, 4) is 11.5 Å². The third-order valence-corrected chi connectivity index (χ3v) is 2.74. The number of phenolic OH excluding ortho intramolecular Hbond substituents is 1. The molecule has 1 rings (SSSR count). The van der Waals surface area contributed by atoms with Gasteiger partial charge in [0.2, 0.25) is 0 Å². The van der Waals surface area contributed by atoms with Gasteiger partial charge in [-0.3, -0.25) is 4.79 Å². The number of ether oxygens (including phenoxy) is 1. The number of hydrogen-bond donors (Lipinski definition) is 2. The van der Waals surface area contributed by atoms with Crippen LogP contribution in [0, 0.1) is 13.8 Å². The maximum absolute atomic E-state index is 11.0. The van der Waals surface area contributed by atoms with Gasteiger partial charge in [0.15, 0.2) is 0 Å². The van der Waals surface area contributed by atoms with Crippen LogP contribution < -0.4 is 4.74 Å². The van der Waals surface area contributed by atoms with E-state index in [-0.39, 0.29) is 5.75 Å². The Kier molecular flexibility index (Phi) is 3.42. The molecule has 0 aliphatic carbocycles. The van der Waals surface area contributed by atoms with Crippen LogP contribution in [-0.2, 0) is 4.79 Å². The van der Waals surface area contributed by atoms with Crippen LogP contribution >= 0.6 is 0 Å². The van der Waals surface area contributed by atoms with Gasteiger partial charge in [-0.15, -0.1) is 0 Å². The molecule has 2 N–H and O–H groups in total. The summed E-state index contributed by atoms with van der Waals surface area (Å²) >= 11 is 0. The summed E-state index contributed by atoms with van der Waals surface area (Å²) in [6.45, 7) is 5.04. The predicted octanol–water partition coefficient (Wildman–Crippen LogP) is 2.21. The molecule has 1 atom stereocenters. The van der Waals surface area contributed by atoms with Gasteiger partial charge < -0.3 is 14.9 Å². The van der Waals surface area contributed by atoms with Crippen LogP contribution in [-0.4, -0.2) is 23.3 Å². The van der Waals surface area contributed by atoms with Gasteiger partial charge in [-0.05, 0) is 32.4 Å². The van der Waals surface area contributed by atoms with E-state index in [0.717, 1.165) is 0 Å². The fourth-order valence-electron chi connectivity index (χ4n) is 1.71. The smallest absolute Gasteiger partial charge is 0.310 e. The van der Waals surface area contributed by atoms with Gasteiger partial charge in [-0.1, -0.05) is 0 Å². The largest absolute Gasteiger partial charge is 0.507 e. The zero-order chi connectivity index (χ0) is 12.5. The van der Waals surface area contributed by atoms with E-state index in [1.54, 1.807) is 26.8 Å². The van der Waals surface area contributed by atoms with Crippen LogP contribution in [0.2, 0.25) is 0 Å². The fraction of sp³-hybridized carbons (Fsp3) is 0.417. The molecule has 88 valence electrons. The first kappa shape index (κ1) is 12.4. The Bertz CT molecular complexity index is 424. The van der Waals surface area contributed by atoms with Crippen molar-refractivity contribution in [2.24, 2.45) is 0 Å². The number of phenols is 1. The molecule has 16 heavy (non-hydrogen) atoms. The Hall–Kier alpha value is -1.71. The lowest BCUT2D eigenvalue weighted by Crippen LogP contribution is -2.10. The molecular formula is C12H16O4. The zero-order valence-electron chi connectivity index (χ0n) is 9.87. The van der Waals surface area contributed by atoms with E-state index in [0.29, 0.717) is 22.4 Å². The highest BCUT2D eigenvalue weighted by Gasteiger charge is 2.22. The van der Waals surface area contributed by atoms with Crippen molar-refractivity contribution >= 4 is 5.97 Å². The van der Waals surface area contributed by atoms with E-state index in [2.05, 4.69) is 0 Å². The summed E-state index contributed by atoms with van der Waals surface area (Å²) in [5.74, 6) is -0.980. The molecule has 0 radical (unpaired) electrons. The van der Waals surface area contributed by atoms with Gasteiger partial charge in [0.1, 0.15) is 11.5 Å². The van der Waals surface area contributed by atoms with E-state index in [4.69, 9.17) is 9.84 Å². The predicted molar refractivity (Wildman–Crippen MR) is 60.2 cm³/mol. The molecule has 4 heteroatoms. The number of benzene rings is 1. The highest BCUT2D eigenvalue weighted by molar-refractivity contribution is 5.77. The number of hydrogen-bond acceptors (Lipinski definition) is 3. The van der Waals surface area contributed by atoms with Gasteiger partial charge in [-0.25, -0.2) is 0 Å². The van der Waals surface area contributed by atoms with Crippen molar-refractivity contribution in [3.63, 3.8) is 0 Å². The molecule has 0 aliphatic rings. The summed E-state index contributed by atoms with van der Waals surface area (Å²) in [7, 11) is 1.47. The number of carboxylic acid groups (broad SMARTS) is 1. The summed E-state index contributed by atoms with van der Waals surface area (Å²) in [5.41, 5.74) is 1.81. The average molecular weight is 224 g/mol. The van der Waals surface area contributed by atoms with Gasteiger partial charge in [0.25, 0.3) is 0 Å². The first-order valence-corrected chi connectivity index (χ1v) is 5.00. The Morgan fingerprint density at radius 1 is 1.44 bits per heavy atom. The van der Waals surface area contributed by atoms with Crippen LogP contribution in [0.4, 0.5) is 0 Å². The molecule has 0 spiro atoms. The van der Waals surface area contributed by atoms with E-state index < -0.39 is 11.9 Å². The van der Waals surface area contributed by atoms with Crippen molar-refractivity contribution in [3.05, 3.63) is 22.8 Å². The monoisotopic (exact) mass is 224 g/mol. The highest BCUT2D eigenvalue weighted by atomic mass is 16.5. The summed E-state index contributed by atoms with van der Waals surface area (Å²) in [6, 6.07) is 1.65. The van der Waals surface area contributed by atoms with Gasteiger partial charge >= 0.3 is 5.97 Å². The Morgan fingerprint density at radius 3 is 2.44 bits per heavy atom. The van der Waals surface area contributed by atoms with Crippen LogP contribution in [0.15, 0.2) is 6.07 Å². The van der Waals surface area contributed by atoms with E-state index in [1.807, 2.05) is 0 Å². The van der Waals surface area contributed by atoms with Crippen LogP contribution in [0.1, 0.15) is 29.5 Å². The van der Waals surface area contributed by atoms with Crippen LogP contribution in [0.25, 0.3) is 0 Å². The molecule has 0 saturated heterocycles. The normalized spacial score (nSPS) is 12.2. The lowest BCUT2D eigenvalue weighted by Gasteiger charge is -2.17. The summed E-state index contributed by atoms with van der Waals surface area (Å²) in [6.07, 6.45) is 0. The van der Waals surface area contributed by atoms with Crippen molar-refractivity contribution in [1.29, 1.82) is 0 Å². The quantitative estimate of drug-likeness (QED) is 0.826. The first-order chi connectivity index (χ1) is 7.40. The fourth-order valence-corrected chi connectivity index (χ4v) is 1.71. The van der Waals surface area contributed by atoms with Crippen LogP contribution in [0.3, 0.4) is 0 Å². The van der Waals surface area contributed by atoms with Gasteiger partial charge in [0, 0.05) is 11.1 Å². The maximum Gasteiger partial charge on any atom is 0.310 e. The molecule has 1 aromatic rings.